The van der Waals surface area contributed by atoms with E-state index in [-0.39, 0.29) is 11.9 Å². The van der Waals surface area contributed by atoms with Crippen LogP contribution < -0.4 is 10.2 Å². The van der Waals surface area contributed by atoms with Crippen LogP contribution in [0.3, 0.4) is 0 Å². The van der Waals surface area contributed by atoms with Crippen LogP contribution in [0.5, 0.6) is 0 Å². The number of piperazine rings is 1. The molecule has 4 heteroatoms. The monoisotopic (exact) mass is 387 g/mol. The summed E-state index contributed by atoms with van der Waals surface area (Å²) in [4.78, 5) is 17.3. The van der Waals surface area contributed by atoms with Crippen molar-refractivity contribution in [3.05, 3.63) is 77.9 Å². The fraction of sp³-hybridized carbons (Fsp3) is 0.320. The van der Waals surface area contributed by atoms with Crippen molar-refractivity contribution in [2.45, 2.75) is 19.9 Å². The lowest BCUT2D eigenvalue weighted by molar-refractivity contribution is -0.123. The van der Waals surface area contributed by atoms with E-state index < -0.39 is 0 Å². The molecule has 0 spiro atoms. The number of para-hydroxylation sites is 1. The Balaban J connectivity index is 1.33. The lowest BCUT2D eigenvalue weighted by atomic mass is 10.00. The molecule has 4 nitrogen and oxygen atoms in total. The summed E-state index contributed by atoms with van der Waals surface area (Å²) in [6.07, 6.45) is 0. The van der Waals surface area contributed by atoms with Crippen LogP contribution in [-0.2, 0) is 4.79 Å². The summed E-state index contributed by atoms with van der Waals surface area (Å²) >= 11 is 0. The van der Waals surface area contributed by atoms with Crippen LogP contribution in [-0.4, -0.2) is 43.5 Å². The minimum atomic E-state index is -0.0122. The van der Waals surface area contributed by atoms with Gasteiger partial charge < -0.3 is 10.2 Å². The molecule has 1 atom stereocenters. The van der Waals surface area contributed by atoms with Crippen LogP contribution in [0.2, 0.25) is 0 Å². The number of nitrogens with one attached hydrogen (secondary N) is 1. The van der Waals surface area contributed by atoms with E-state index in [0.717, 1.165) is 26.2 Å². The van der Waals surface area contributed by atoms with E-state index in [1.165, 1.54) is 27.6 Å². The molecule has 1 heterocycles. The van der Waals surface area contributed by atoms with Gasteiger partial charge in [-0.15, -0.1) is 0 Å². The highest BCUT2D eigenvalue weighted by Crippen LogP contribution is 2.24. The minimum absolute atomic E-state index is 0.0122. The van der Waals surface area contributed by atoms with Crippen molar-refractivity contribution in [1.82, 2.24) is 10.2 Å². The number of carbonyl (C=O) groups is 1. The number of rotatable bonds is 5. The highest BCUT2D eigenvalue weighted by Gasteiger charge is 2.21. The zero-order valence-corrected chi connectivity index (χ0v) is 17.3. The smallest absolute Gasteiger partial charge is 0.234 e. The van der Waals surface area contributed by atoms with Crippen molar-refractivity contribution in [3.63, 3.8) is 0 Å². The molecular formula is C25H29N3O. The summed E-state index contributed by atoms with van der Waals surface area (Å²) in [5.41, 5.74) is 3.78. The summed E-state index contributed by atoms with van der Waals surface area (Å²) in [6.45, 7) is 8.40. The first-order valence-corrected chi connectivity index (χ1v) is 10.4. The van der Waals surface area contributed by atoms with Crippen LogP contribution in [0, 0.1) is 6.92 Å². The van der Waals surface area contributed by atoms with Crippen molar-refractivity contribution >= 4 is 22.4 Å². The zero-order valence-electron chi connectivity index (χ0n) is 17.3. The summed E-state index contributed by atoms with van der Waals surface area (Å²) in [7, 11) is 0. The van der Waals surface area contributed by atoms with Gasteiger partial charge in [-0.1, -0.05) is 60.7 Å². The molecule has 1 saturated heterocycles. The molecule has 1 amide bonds. The Bertz CT molecular complexity index is 987. The number of nitrogens with zero attached hydrogens (tertiary/aromatic N) is 2. The molecule has 0 radical (unpaired) electrons. The number of benzene rings is 3. The fourth-order valence-corrected chi connectivity index (χ4v) is 4.26. The largest absolute Gasteiger partial charge is 0.369 e. The molecule has 1 fully saturated rings. The summed E-state index contributed by atoms with van der Waals surface area (Å²) in [6, 6.07) is 23.1. The molecule has 1 N–H and O–H groups in total. The van der Waals surface area contributed by atoms with Gasteiger partial charge in [-0.25, -0.2) is 0 Å². The number of fused-ring (bicyclic) bond motifs is 1. The van der Waals surface area contributed by atoms with E-state index in [2.05, 4.69) is 83.6 Å². The van der Waals surface area contributed by atoms with Crippen molar-refractivity contribution in [1.29, 1.82) is 0 Å². The van der Waals surface area contributed by atoms with Gasteiger partial charge in [-0.3, -0.25) is 9.69 Å². The average Bonchev–Trinajstić information content (AvgIpc) is 2.74. The molecule has 1 aliphatic rings. The van der Waals surface area contributed by atoms with Crippen LogP contribution in [0.1, 0.15) is 24.1 Å². The van der Waals surface area contributed by atoms with Gasteiger partial charge in [0.1, 0.15) is 0 Å². The predicted octanol–water partition coefficient (Wildman–Crippen LogP) is 4.15. The first kappa shape index (κ1) is 19.5. The van der Waals surface area contributed by atoms with Gasteiger partial charge >= 0.3 is 0 Å². The van der Waals surface area contributed by atoms with E-state index in [1.807, 2.05) is 12.1 Å². The van der Waals surface area contributed by atoms with Crippen LogP contribution in [0.25, 0.3) is 10.8 Å². The highest BCUT2D eigenvalue weighted by molar-refractivity contribution is 5.87. The third kappa shape index (κ3) is 4.43. The molecule has 0 aromatic heterocycles. The van der Waals surface area contributed by atoms with Crippen molar-refractivity contribution in [2.24, 2.45) is 0 Å². The van der Waals surface area contributed by atoms with Crippen LogP contribution >= 0.6 is 0 Å². The molecule has 0 unspecified atom stereocenters. The zero-order chi connectivity index (χ0) is 20.2. The summed E-state index contributed by atoms with van der Waals surface area (Å²) in [5.74, 6) is 0.0924. The molecule has 29 heavy (non-hydrogen) atoms. The molecule has 4 rings (SSSR count). The molecule has 0 bridgehead atoms. The van der Waals surface area contributed by atoms with Crippen molar-refractivity contribution in [2.75, 3.05) is 37.6 Å². The van der Waals surface area contributed by atoms with Gasteiger partial charge in [0, 0.05) is 31.9 Å². The molecular weight excluding hydrogens is 358 g/mol. The van der Waals surface area contributed by atoms with Crippen molar-refractivity contribution < 1.29 is 4.79 Å². The second-order valence-electron chi connectivity index (χ2n) is 7.91. The van der Waals surface area contributed by atoms with Gasteiger partial charge in [0.25, 0.3) is 0 Å². The van der Waals surface area contributed by atoms with Gasteiger partial charge in [-0.05, 0) is 41.8 Å². The Morgan fingerprint density at radius 2 is 1.62 bits per heavy atom. The third-order valence-corrected chi connectivity index (χ3v) is 5.86. The number of amides is 1. The first-order valence-electron chi connectivity index (χ1n) is 10.4. The highest BCUT2D eigenvalue weighted by atomic mass is 16.2. The number of anilines is 1. The molecule has 3 aromatic rings. The molecule has 0 aliphatic carbocycles. The molecule has 150 valence electrons. The quantitative estimate of drug-likeness (QED) is 0.714. The molecule has 3 aromatic carbocycles. The van der Waals surface area contributed by atoms with E-state index in [0.29, 0.717) is 6.54 Å². The Morgan fingerprint density at radius 3 is 2.41 bits per heavy atom. The van der Waals surface area contributed by atoms with E-state index in [9.17, 15) is 4.79 Å². The second-order valence-corrected chi connectivity index (χ2v) is 7.91. The van der Waals surface area contributed by atoms with Gasteiger partial charge in [0.15, 0.2) is 0 Å². The van der Waals surface area contributed by atoms with Crippen LogP contribution in [0.15, 0.2) is 66.7 Å². The Labute approximate surface area is 173 Å². The molecule has 0 saturated carbocycles. The Morgan fingerprint density at radius 1 is 0.931 bits per heavy atom. The normalized spacial score (nSPS) is 16.0. The van der Waals surface area contributed by atoms with Gasteiger partial charge in [0.05, 0.1) is 12.6 Å². The number of aryl methyl sites for hydroxylation is 1. The maximum Gasteiger partial charge on any atom is 0.234 e. The van der Waals surface area contributed by atoms with Crippen molar-refractivity contribution in [3.8, 4) is 0 Å². The maximum atomic E-state index is 12.7. The lowest BCUT2D eigenvalue weighted by Crippen LogP contribution is -2.49. The third-order valence-electron chi connectivity index (χ3n) is 5.86. The molecule has 1 aliphatic heterocycles. The maximum absolute atomic E-state index is 12.7. The lowest BCUT2D eigenvalue weighted by Gasteiger charge is -2.36. The summed E-state index contributed by atoms with van der Waals surface area (Å²) in [5, 5.41) is 5.60. The van der Waals surface area contributed by atoms with Gasteiger partial charge in [-0.2, -0.15) is 0 Å². The Hall–Kier alpha value is -2.85. The number of hydrogen-bond acceptors (Lipinski definition) is 3. The first-order chi connectivity index (χ1) is 14.1. The number of hydrogen-bond donors (Lipinski definition) is 1. The van der Waals surface area contributed by atoms with Crippen LogP contribution in [0.4, 0.5) is 5.69 Å². The van der Waals surface area contributed by atoms with E-state index in [4.69, 9.17) is 0 Å². The number of carbonyl (C=O) groups excluding carboxylic acids is 1. The van der Waals surface area contributed by atoms with E-state index in [1.54, 1.807) is 0 Å². The van der Waals surface area contributed by atoms with Gasteiger partial charge in [0.2, 0.25) is 5.91 Å². The topological polar surface area (TPSA) is 35.6 Å². The fourth-order valence-electron chi connectivity index (χ4n) is 4.26. The standard InChI is InChI=1S/C25H29N3O/c1-19-8-3-6-13-24(19)28-16-14-27(15-17-28)18-25(29)26-20(2)22-12-7-10-21-9-4-5-11-23(21)22/h3-13,20H,14-18H2,1-2H3,(H,26,29)/t20-/m1/s1. The minimum Gasteiger partial charge on any atom is -0.369 e. The average molecular weight is 388 g/mol. The SMILES string of the molecule is Cc1ccccc1N1CCN(CC(=O)N[C@H](C)c2cccc3ccccc23)CC1. The summed E-state index contributed by atoms with van der Waals surface area (Å²) < 4.78 is 0. The Kier molecular flexibility index (Phi) is 5.81. The predicted molar refractivity (Wildman–Crippen MR) is 120 cm³/mol. The second kappa shape index (κ2) is 8.66. The van der Waals surface area contributed by atoms with E-state index >= 15 is 0 Å².